The highest BCUT2D eigenvalue weighted by molar-refractivity contribution is 6.17. The molecule has 1 aliphatic heterocycles. The number of phenolic OH excluding ortho intramolecular Hbond substituents is 1. The third-order valence-electron chi connectivity index (χ3n) is 5.64. The first-order chi connectivity index (χ1) is 13.7. The molecule has 0 saturated carbocycles. The minimum atomic E-state index is -1.18. The van der Waals surface area contributed by atoms with Gasteiger partial charge in [0, 0.05) is 22.2 Å². The van der Waals surface area contributed by atoms with Crippen LogP contribution in [0.1, 0.15) is 65.0 Å². The molecule has 3 aromatic carbocycles. The molecule has 0 radical (unpaired) electrons. The lowest BCUT2D eigenvalue weighted by Crippen LogP contribution is -2.36. The third-order valence-corrected chi connectivity index (χ3v) is 5.64. The van der Waals surface area contributed by atoms with Crippen molar-refractivity contribution in [3.8, 4) is 5.75 Å². The van der Waals surface area contributed by atoms with Crippen molar-refractivity contribution in [2.24, 2.45) is 0 Å². The number of fused-ring (bicyclic) bond motifs is 3. The molecule has 4 rings (SSSR count). The van der Waals surface area contributed by atoms with E-state index < -0.39 is 11.8 Å². The predicted molar refractivity (Wildman–Crippen MR) is 113 cm³/mol. The molecule has 148 valence electrons. The summed E-state index contributed by atoms with van der Waals surface area (Å²) in [6, 6.07) is 13.2. The van der Waals surface area contributed by atoms with Gasteiger partial charge >= 0.3 is 5.97 Å². The number of carboxylic acid groups (broad SMARTS) is 1. The first-order valence-electron chi connectivity index (χ1n) is 9.63. The number of aromatic carboxylic acids is 1. The lowest BCUT2D eigenvalue weighted by molar-refractivity contribution is 0.0692. The van der Waals surface area contributed by atoms with Crippen LogP contribution in [-0.4, -0.2) is 27.5 Å². The van der Waals surface area contributed by atoms with Crippen molar-refractivity contribution in [1.82, 2.24) is 0 Å². The van der Waals surface area contributed by atoms with E-state index in [0.717, 1.165) is 23.1 Å². The number of hydrogen-bond donors (Lipinski definition) is 3. The van der Waals surface area contributed by atoms with Crippen molar-refractivity contribution in [3.05, 3.63) is 70.8 Å². The lowest BCUT2D eigenvalue weighted by atomic mass is 9.79. The molecule has 1 aliphatic rings. The Hall–Kier alpha value is -3.34. The van der Waals surface area contributed by atoms with Crippen molar-refractivity contribution in [2.75, 3.05) is 5.32 Å². The van der Waals surface area contributed by atoms with Crippen LogP contribution in [0.3, 0.4) is 0 Å². The van der Waals surface area contributed by atoms with Crippen LogP contribution in [0.4, 0.5) is 5.69 Å². The summed E-state index contributed by atoms with van der Waals surface area (Å²) in [4.78, 5) is 24.5. The number of ketones is 1. The summed E-state index contributed by atoms with van der Waals surface area (Å²) in [6.07, 6.45) is 0.951. The van der Waals surface area contributed by atoms with Crippen molar-refractivity contribution in [3.63, 3.8) is 0 Å². The van der Waals surface area contributed by atoms with Gasteiger partial charge in [0.1, 0.15) is 5.75 Å². The Kier molecular flexibility index (Phi) is 4.34. The first-order valence-corrected chi connectivity index (χ1v) is 9.63. The van der Waals surface area contributed by atoms with E-state index in [9.17, 15) is 19.8 Å². The first kappa shape index (κ1) is 19.0. The number of benzene rings is 3. The second-order valence-electron chi connectivity index (χ2n) is 8.38. The van der Waals surface area contributed by atoms with Gasteiger partial charge in [0.25, 0.3) is 0 Å². The van der Waals surface area contributed by atoms with E-state index in [2.05, 4.69) is 26.1 Å². The molecule has 0 fully saturated rings. The second kappa shape index (κ2) is 6.62. The van der Waals surface area contributed by atoms with Gasteiger partial charge in [-0.1, -0.05) is 31.2 Å². The fourth-order valence-corrected chi connectivity index (χ4v) is 4.53. The maximum atomic E-state index is 13.0. The molecule has 5 heteroatoms. The Morgan fingerprint density at radius 1 is 0.966 bits per heavy atom. The van der Waals surface area contributed by atoms with E-state index in [1.807, 2.05) is 18.2 Å². The maximum Gasteiger partial charge on any atom is 0.336 e. The molecule has 0 amide bonds. The number of carbonyl (C=O) groups excluding carboxylic acids is 1. The monoisotopic (exact) mass is 389 g/mol. The molecular formula is C24H23NO4. The summed E-state index contributed by atoms with van der Waals surface area (Å²) in [5.74, 6) is -1.51. The summed E-state index contributed by atoms with van der Waals surface area (Å²) in [5, 5.41) is 25.3. The fraction of sp³-hybridized carbons (Fsp3) is 0.250. The molecule has 1 unspecified atom stereocenters. The summed E-state index contributed by atoms with van der Waals surface area (Å²) in [7, 11) is 0. The molecular weight excluding hydrogens is 366 g/mol. The van der Waals surface area contributed by atoms with Crippen molar-refractivity contribution in [1.29, 1.82) is 0 Å². The van der Waals surface area contributed by atoms with Gasteiger partial charge in [-0.15, -0.1) is 0 Å². The summed E-state index contributed by atoms with van der Waals surface area (Å²) >= 11 is 0. The molecule has 3 N–H and O–H groups in total. The normalized spacial score (nSPS) is 17.4. The Bertz CT molecular complexity index is 1160. The van der Waals surface area contributed by atoms with Gasteiger partial charge in [-0.2, -0.15) is 0 Å². The molecule has 0 aliphatic carbocycles. The Morgan fingerprint density at radius 2 is 1.62 bits per heavy atom. The fourth-order valence-electron chi connectivity index (χ4n) is 4.53. The van der Waals surface area contributed by atoms with Crippen LogP contribution in [0, 0.1) is 0 Å². The van der Waals surface area contributed by atoms with Crippen LogP contribution in [0.5, 0.6) is 5.75 Å². The lowest BCUT2D eigenvalue weighted by Gasteiger charge is -2.38. The largest absolute Gasteiger partial charge is 0.507 e. The van der Waals surface area contributed by atoms with Gasteiger partial charge in [-0.05, 0) is 61.4 Å². The van der Waals surface area contributed by atoms with E-state index in [-0.39, 0.29) is 28.0 Å². The Balaban J connectivity index is 1.87. The van der Waals surface area contributed by atoms with E-state index in [0.29, 0.717) is 11.3 Å². The van der Waals surface area contributed by atoms with Gasteiger partial charge < -0.3 is 15.5 Å². The average Bonchev–Trinajstić information content (AvgIpc) is 2.66. The van der Waals surface area contributed by atoms with Crippen LogP contribution in [0.15, 0.2) is 48.5 Å². The SMILES string of the molecule is CC1CC(C)(C)Nc2ccc3c(O)c(C(=O)c4ccccc4C(=O)O)ccc3c21. The summed E-state index contributed by atoms with van der Waals surface area (Å²) in [6.45, 7) is 6.49. The van der Waals surface area contributed by atoms with E-state index in [1.165, 1.54) is 12.1 Å². The molecule has 5 nitrogen and oxygen atoms in total. The van der Waals surface area contributed by atoms with Crippen molar-refractivity contribution < 1.29 is 19.8 Å². The zero-order valence-electron chi connectivity index (χ0n) is 16.6. The quantitative estimate of drug-likeness (QED) is 0.538. The number of hydrogen-bond acceptors (Lipinski definition) is 4. The molecule has 1 heterocycles. The maximum absolute atomic E-state index is 13.0. The Labute approximate surface area is 169 Å². The van der Waals surface area contributed by atoms with E-state index in [1.54, 1.807) is 18.2 Å². The number of carbonyl (C=O) groups is 2. The van der Waals surface area contributed by atoms with Gasteiger partial charge in [-0.3, -0.25) is 4.79 Å². The van der Waals surface area contributed by atoms with Gasteiger partial charge in [0.05, 0.1) is 11.1 Å². The van der Waals surface area contributed by atoms with E-state index in [4.69, 9.17) is 0 Å². The van der Waals surface area contributed by atoms with Crippen LogP contribution in [0.25, 0.3) is 10.8 Å². The van der Waals surface area contributed by atoms with Crippen LogP contribution in [-0.2, 0) is 0 Å². The minimum absolute atomic E-state index is 0.0153. The van der Waals surface area contributed by atoms with Crippen LogP contribution >= 0.6 is 0 Å². The van der Waals surface area contributed by atoms with Crippen LogP contribution in [0.2, 0.25) is 0 Å². The predicted octanol–water partition coefficient (Wildman–Crippen LogP) is 5.17. The number of aromatic hydroxyl groups is 1. The second-order valence-corrected chi connectivity index (χ2v) is 8.38. The number of rotatable bonds is 3. The molecule has 29 heavy (non-hydrogen) atoms. The zero-order valence-corrected chi connectivity index (χ0v) is 16.6. The van der Waals surface area contributed by atoms with Gasteiger partial charge in [0.15, 0.2) is 5.78 Å². The summed E-state index contributed by atoms with van der Waals surface area (Å²) in [5.41, 5.74) is 2.23. The molecule has 0 aromatic heterocycles. The molecule has 0 bridgehead atoms. The number of nitrogens with one attached hydrogen (secondary N) is 1. The third kappa shape index (κ3) is 3.12. The Morgan fingerprint density at radius 3 is 2.31 bits per heavy atom. The highest BCUT2D eigenvalue weighted by Gasteiger charge is 2.31. The average molecular weight is 389 g/mol. The number of phenols is 1. The van der Waals surface area contributed by atoms with E-state index >= 15 is 0 Å². The topological polar surface area (TPSA) is 86.6 Å². The molecule has 0 spiro atoms. The molecule has 1 atom stereocenters. The number of carboxylic acids is 1. The smallest absolute Gasteiger partial charge is 0.336 e. The summed E-state index contributed by atoms with van der Waals surface area (Å²) < 4.78 is 0. The van der Waals surface area contributed by atoms with Crippen LogP contribution < -0.4 is 5.32 Å². The van der Waals surface area contributed by atoms with Crippen molar-refractivity contribution in [2.45, 2.75) is 38.6 Å². The van der Waals surface area contributed by atoms with Gasteiger partial charge in [-0.25, -0.2) is 4.79 Å². The highest BCUT2D eigenvalue weighted by Crippen LogP contribution is 2.44. The zero-order chi connectivity index (χ0) is 20.9. The standard InChI is InChI=1S/C24H23NO4/c1-13-12-24(2,3)25-19-11-10-16-14(20(13)19)8-9-18(22(16)27)21(26)15-6-4-5-7-17(15)23(28)29/h4-11,13,25,27H,12H2,1-3H3,(H,28,29). The van der Waals surface area contributed by atoms with Gasteiger partial charge in [0.2, 0.25) is 0 Å². The highest BCUT2D eigenvalue weighted by atomic mass is 16.4. The molecule has 3 aromatic rings. The van der Waals surface area contributed by atoms with Crippen molar-refractivity contribution >= 4 is 28.2 Å². The minimum Gasteiger partial charge on any atom is -0.507 e. The number of anilines is 1. The molecule has 0 saturated heterocycles.